The molecule has 0 aromatic carbocycles. The Kier molecular flexibility index (Phi) is 10.1. The average molecular weight is 378 g/mol. The fraction of sp³-hybridized carbons (Fsp3) is 1.00. The van der Waals surface area contributed by atoms with Crippen molar-refractivity contribution in [3.05, 3.63) is 0 Å². The number of hydrogen-bond acceptors (Lipinski definition) is 8. The molecule has 0 aromatic rings. The van der Waals surface area contributed by atoms with Crippen LogP contribution in [0.3, 0.4) is 0 Å². The van der Waals surface area contributed by atoms with E-state index in [0.717, 1.165) is 0 Å². The Balaban J connectivity index is 5.25. The standard InChI is InChI=1S/C12H28O7P2S/c1-9(2)14-18-21(22,17-12(7)8)19-20(13,15-10(3)4)16-11(5)6/h9-12H,1-8H3. The van der Waals surface area contributed by atoms with Crippen LogP contribution in [0.25, 0.3) is 0 Å². The fourth-order valence-electron chi connectivity index (χ4n) is 1.15. The largest absolute Gasteiger partial charge is 0.482 e. The van der Waals surface area contributed by atoms with Gasteiger partial charge in [-0.2, -0.15) is 0 Å². The molecule has 0 heterocycles. The van der Waals surface area contributed by atoms with Gasteiger partial charge < -0.3 is 4.52 Å². The number of rotatable bonds is 11. The lowest BCUT2D eigenvalue weighted by Crippen LogP contribution is -2.13. The quantitative estimate of drug-likeness (QED) is 0.284. The van der Waals surface area contributed by atoms with E-state index in [1.807, 2.05) is 0 Å². The number of phosphoric acid groups is 1. The van der Waals surface area contributed by atoms with E-state index in [1.54, 1.807) is 55.4 Å². The van der Waals surface area contributed by atoms with Gasteiger partial charge in [0.1, 0.15) is 0 Å². The maximum Gasteiger partial charge on any atom is 0.482 e. The van der Waals surface area contributed by atoms with Gasteiger partial charge in [0, 0.05) is 0 Å². The highest BCUT2D eigenvalue weighted by molar-refractivity contribution is 8.08. The van der Waals surface area contributed by atoms with Crippen LogP contribution in [0.2, 0.25) is 0 Å². The van der Waals surface area contributed by atoms with Crippen LogP contribution in [-0.4, -0.2) is 24.4 Å². The summed E-state index contributed by atoms with van der Waals surface area (Å²) in [6, 6.07) is 0. The minimum Gasteiger partial charge on any atom is -0.304 e. The van der Waals surface area contributed by atoms with Gasteiger partial charge in [-0.15, -0.1) is 4.67 Å². The van der Waals surface area contributed by atoms with Gasteiger partial charge in [-0.1, -0.05) is 0 Å². The van der Waals surface area contributed by atoms with Crippen molar-refractivity contribution in [2.45, 2.75) is 79.8 Å². The van der Waals surface area contributed by atoms with E-state index in [4.69, 9.17) is 39.3 Å². The number of hydrogen-bond donors (Lipinski definition) is 0. The maximum atomic E-state index is 12.8. The van der Waals surface area contributed by atoms with E-state index in [0.29, 0.717) is 0 Å². The van der Waals surface area contributed by atoms with Crippen molar-refractivity contribution >= 4 is 26.3 Å². The molecular weight excluding hydrogens is 350 g/mol. The molecule has 0 saturated carbocycles. The van der Waals surface area contributed by atoms with Crippen LogP contribution in [0.1, 0.15) is 55.4 Å². The molecule has 0 aromatic heterocycles. The number of phosphoric ester groups is 1. The van der Waals surface area contributed by atoms with Gasteiger partial charge in [-0.05, 0) is 67.2 Å². The Bertz CT molecular complexity index is 398. The second-order valence-electron chi connectivity index (χ2n) is 5.66. The molecule has 10 heteroatoms. The van der Waals surface area contributed by atoms with Gasteiger partial charge in [0.2, 0.25) is 0 Å². The molecular formula is C12H28O7P2S. The second kappa shape index (κ2) is 9.82. The molecule has 7 nitrogen and oxygen atoms in total. The molecule has 0 fully saturated rings. The molecule has 0 spiro atoms. The summed E-state index contributed by atoms with van der Waals surface area (Å²) in [5.74, 6) is 0. The molecule has 0 saturated heterocycles. The first-order chi connectivity index (χ1) is 9.87. The van der Waals surface area contributed by atoms with Gasteiger partial charge in [0.05, 0.1) is 24.4 Å². The molecule has 1 atom stereocenters. The Morgan fingerprint density at radius 1 is 0.727 bits per heavy atom. The molecule has 1 unspecified atom stereocenters. The molecule has 134 valence electrons. The first-order valence-electron chi connectivity index (χ1n) is 7.19. The molecule has 0 rings (SSSR count). The van der Waals surface area contributed by atoms with Gasteiger partial charge in [-0.3, -0.25) is 9.05 Å². The van der Waals surface area contributed by atoms with Crippen LogP contribution in [0, 0.1) is 0 Å². The zero-order valence-electron chi connectivity index (χ0n) is 14.5. The van der Waals surface area contributed by atoms with Crippen LogP contribution in [-0.2, 0) is 43.8 Å². The van der Waals surface area contributed by atoms with E-state index in [1.165, 1.54) is 0 Å². The Morgan fingerprint density at radius 2 is 1.14 bits per heavy atom. The lowest BCUT2D eigenvalue weighted by atomic mass is 10.5. The van der Waals surface area contributed by atoms with Crippen molar-refractivity contribution in [3.63, 3.8) is 0 Å². The van der Waals surface area contributed by atoms with Gasteiger partial charge >= 0.3 is 14.5 Å². The normalized spacial score (nSPS) is 16.0. The van der Waals surface area contributed by atoms with Crippen LogP contribution < -0.4 is 0 Å². The molecule has 0 aliphatic rings. The lowest BCUT2D eigenvalue weighted by Gasteiger charge is -2.28. The smallest absolute Gasteiger partial charge is 0.304 e. The molecule has 0 N–H and O–H groups in total. The van der Waals surface area contributed by atoms with Gasteiger partial charge in [-0.25, -0.2) is 13.8 Å². The third-order valence-corrected chi connectivity index (χ3v) is 6.50. The zero-order valence-corrected chi connectivity index (χ0v) is 17.1. The summed E-state index contributed by atoms with van der Waals surface area (Å²) < 4.78 is 39.3. The van der Waals surface area contributed by atoms with Crippen molar-refractivity contribution in [2.75, 3.05) is 0 Å². The van der Waals surface area contributed by atoms with E-state index in [9.17, 15) is 4.57 Å². The molecule has 0 bridgehead atoms. The molecule has 0 aliphatic heterocycles. The first-order valence-corrected chi connectivity index (χ1v) is 11.2. The summed E-state index contributed by atoms with van der Waals surface area (Å²) in [5, 5.41) is 0. The van der Waals surface area contributed by atoms with E-state index < -0.39 is 26.7 Å². The highest BCUT2D eigenvalue weighted by atomic mass is 32.5. The van der Waals surface area contributed by atoms with Crippen LogP contribution >= 0.6 is 14.5 Å². The average Bonchev–Trinajstić information content (AvgIpc) is 2.21. The van der Waals surface area contributed by atoms with Gasteiger partial charge in [0.15, 0.2) is 0 Å². The Hall–Kier alpha value is 0.640. The van der Waals surface area contributed by atoms with Crippen LogP contribution in [0.5, 0.6) is 0 Å². The summed E-state index contributed by atoms with van der Waals surface area (Å²) in [6.45, 7) is 10.4. The third kappa shape index (κ3) is 10.4. The summed E-state index contributed by atoms with van der Waals surface area (Å²) >= 11 is 5.24. The molecule has 0 amide bonds. The van der Waals surface area contributed by atoms with Crippen molar-refractivity contribution in [3.8, 4) is 0 Å². The third-order valence-electron chi connectivity index (χ3n) is 1.55. The summed E-state index contributed by atoms with van der Waals surface area (Å²) in [7, 11) is -3.95. The predicted molar refractivity (Wildman–Crippen MR) is 88.9 cm³/mol. The van der Waals surface area contributed by atoms with Crippen molar-refractivity contribution in [1.82, 2.24) is 0 Å². The minimum atomic E-state index is -3.95. The summed E-state index contributed by atoms with van der Waals surface area (Å²) in [4.78, 5) is 5.03. The van der Waals surface area contributed by atoms with E-state index in [2.05, 4.69) is 0 Å². The van der Waals surface area contributed by atoms with Gasteiger partial charge in [0.25, 0.3) is 0 Å². The van der Waals surface area contributed by atoms with Crippen molar-refractivity contribution in [1.29, 1.82) is 0 Å². The van der Waals surface area contributed by atoms with E-state index in [-0.39, 0.29) is 12.2 Å². The van der Waals surface area contributed by atoms with Crippen molar-refractivity contribution in [2.24, 2.45) is 0 Å². The highest BCUT2D eigenvalue weighted by Gasteiger charge is 2.40. The zero-order chi connectivity index (χ0) is 17.6. The summed E-state index contributed by atoms with van der Waals surface area (Å²) in [6.07, 6.45) is -1.36. The van der Waals surface area contributed by atoms with Crippen molar-refractivity contribution < 1.29 is 32.0 Å². The Morgan fingerprint density at radius 3 is 1.45 bits per heavy atom. The monoisotopic (exact) mass is 378 g/mol. The van der Waals surface area contributed by atoms with Crippen LogP contribution in [0.4, 0.5) is 0 Å². The fourth-order valence-corrected chi connectivity index (χ4v) is 5.97. The molecule has 0 aliphatic carbocycles. The first kappa shape index (κ1) is 22.6. The lowest BCUT2D eigenvalue weighted by molar-refractivity contribution is -0.243. The topological polar surface area (TPSA) is 72.5 Å². The molecule has 0 radical (unpaired) electrons. The van der Waals surface area contributed by atoms with E-state index >= 15 is 0 Å². The predicted octanol–water partition coefficient (Wildman–Crippen LogP) is 4.97. The summed E-state index contributed by atoms with van der Waals surface area (Å²) in [5.41, 5.74) is 0. The van der Waals surface area contributed by atoms with Crippen LogP contribution in [0.15, 0.2) is 0 Å². The highest BCUT2D eigenvalue weighted by Crippen LogP contribution is 2.67. The molecule has 22 heavy (non-hydrogen) atoms. The maximum absolute atomic E-state index is 12.8. The minimum absolute atomic E-state index is 0.266. The SMILES string of the molecule is CC(C)OOP(=S)(OC(C)C)OP(=O)(OC(C)C)OC(C)C. The Labute approximate surface area is 138 Å². The second-order valence-corrected chi connectivity index (χ2v) is 10.2.